The van der Waals surface area contributed by atoms with Crippen molar-refractivity contribution in [2.45, 2.75) is 37.5 Å². The van der Waals surface area contributed by atoms with Crippen molar-refractivity contribution in [1.82, 2.24) is 9.97 Å². The van der Waals surface area contributed by atoms with Gasteiger partial charge in [0.2, 0.25) is 5.92 Å². The third kappa shape index (κ3) is 2.19. The zero-order valence-corrected chi connectivity index (χ0v) is 10.0. The fourth-order valence-electron chi connectivity index (χ4n) is 2.54. The molecule has 2 nitrogen and oxygen atoms in total. The third-order valence-electron chi connectivity index (χ3n) is 3.67. The molecule has 0 saturated heterocycles. The number of hydrogen-bond acceptors (Lipinski definition) is 1. The second-order valence-electron chi connectivity index (χ2n) is 5.01. The predicted octanol–water partition coefficient (Wildman–Crippen LogP) is 4.13. The third-order valence-corrected chi connectivity index (χ3v) is 3.67. The summed E-state index contributed by atoms with van der Waals surface area (Å²) in [6.45, 7) is 0. The second-order valence-corrected chi connectivity index (χ2v) is 5.01. The van der Waals surface area contributed by atoms with Gasteiger partial charge in [0.15, 0.2) is 11.6 Å². The first-order valence-corrected chi connectivity index (χ1v) is 6.18. The Balaban J connectivity index is 1.92. The van der Waals surface area contributed by atoms with Gasteiger partial charge in [-0.25, -0.2) is 22.5 Å². The summed E-state index contributed by atoms with van der Waals surface area (Å²) in [5.74, 6) is -4.24. The van der Waals surface area contributed by atoms with Crippen LogP contribution in [-0.2, 0) is 0 Å². The van der Waals surface area contributed by atoms with Crippen molar-refractivity contribution in [2.75, 3.05) is 0 Å². The summed E-state index contributed by atoms with van der Waals surface area (Å²) in [4.78, 5) is 6.93. The molecule has 0 radical (unpaired) electrons. The Bertz CT molecular complexity index is 610. The van der Waals surface area contributed by atoms with E-state index in [2.05, 4.69) is 9.97 Å². The molecule has 0 spiro atoms. The zero-order valence-electron chi connectivity index (χ0n) is 10.0. The van der Waals surface area contributed by atoms with Gasteiger partial charge in [-0.05, 0) is 25.0 Å². The van der Waals surface area contributed by atoms with Gasteiger partial charge >= 0.3 is 0 Å². The fourth-order valence-corrected chi connectivity index (χ4v) is 2.54. The molecular formula is C13H12F4N2. The molecule has 3 rings (SSSR count). The molecule has 0 amide bonds. The van der Waals surface area contributed by atoms with E-state index < -0.39 is 17.6 Å². The Kier molecular flexibility index (Phi) is 2.76. The first-order chi connectivity index (χ1) is 8.96. The van der Waals surface area contributed by atoms with Crippen LogP contribution in [-0.4, -0.2) is 15.9 Å². The lowest BCUT2D eigenvalue weighted by Crippen LogP contribution is -2.24. The molecule has 6 heteroatoms. The summed E-state index contributed by atoms with van der Waals surface area (Å²) in [5.41, 5.74) is 0.332. The minimum absolute atomic E-state index is 0.0627. The van der Waals surface area contributed by atoms with Crippen LogP contribution in [0.1, 0.15) is 37.4 Å². The molecule has 1 N–H and O–H groups in total. The topological polar surface area (TPSA) is 28.7 Å². The highest BCUT2D eigenvalue weighted by Gasteiger charge is 2.36. The molecule has 1 aliphatic carbocycles. The molecule has 1 aromatic carbocycles. The largest absolute Gasteiger partial charge is 0.342 e. The Labute approximate surface area is 106 Å². The molecule has 0 aliphatic heterocycles. The highest BCUT2D eigenvalue weighted by molar-refractivity contribution is 5.75. The summed E-state index contributed by atoms with van der Waals surface area (Å²) < 4.78 is 52.7. The number of benzene rings is 1. The summed E-state index contributed by atoms with van der Waals surface area (Å²) in [6.07, 6.45) is 0.227. The molecule has 1 saturated carbocycles. The second kappa shape index (κ2) is 4.21. The molecule has 0 atom stereocenters. The van der Waals surface area contributed by atoms with Crippen LogP contribution in [0.2, 0.25) is 0 Å². The molecule has 1 fully saturated rings. The summed E-state index contributed by atoms with van der Waals surface area (Å²) in [6, 6.07) is 2.43. The van der Waals surface area contributed by atoms with Crippen LogP contribution in [0.4, 0.5) is 17.6 Å². The minimum atomic E-state index is -2.61. The van der Waals surface area contributed by atoms with Crippen LogP contribution in [0, 0.1) is 11.6 Å². The normalized spacial score (nSPS) is 20.0. The van der Waals surface area contributed by atoms with Gasteiger partial charge in [-0.2, -0.15) is 0 Å². The van der Waals surface area contributed by atoms with Crippen molar-refractivity contribution in [1.29, 1.82) is 0 Å². The van der Waals surface area contributed by atoms with Gasteiger partial charge in [0, 0.05) is 18.8 Å². The van der Waals surface area contributed by atoms with Crippen LogP contribution < -0.4 is 0 Å². The molecule has 19 heavy (non-hydrogen) atoms. The van der Waals surface area contributed by atoms with E-state index in [1.54, 1.807) is 0 Å². The van der Waals surface area contributed by atoms with E-state index in [0.29, 0.717) is 24.2 Å². The van der Waals surface area contributed by atoms with Gasteiger partial charge < -0.3 is 4.98 Å². The fraction of sp³-hybridized carbons (Fsp3) is 0.462. The van der Waals surface area contributed by atoms with Crippen molar-refractivity contribution in [2.24, 2.45) is 0 Å². The van der Waals surface area contributed by atoms with E-state index in [0.717, 1.165) is 6.07 Å². The molecular weight excluding hydrogens is 260 g/mol. The first kappa shape index (κ1) is 12.4. The highest BCUT2D eigenvalue weighted by Crippen LogP contribution is 2.40. The van der Waals surface area contributed by atoms with Crippen molar-refractivity contribution >= 4 is 11.0 Å². The van der Waals surface area contributed by atoms with Gasteiger partial charge in [-0.3, -0.25) is 0 Å². The quantitative estimate of drug-likeness (QED) is 0.777. The number of hydrogen-bond donors (Lipinski definition) is 1. The molecule has 0 unspecified atom stereocenters. The molecule has 0 bridgehead atoms. The van der Waals surface area contributed by atoms with Crippen LogP contribution >= 0.6 is 0 Å². The van der Waals surface area contributed by atoms with Crippen molar-refractivity contribution in [3.05, 3.63) is 29.6 Å². The van der Waals surface area contributed by atoms with Gasteiger partial charge in [-0.1, -0.05) is 0 Å². The SMILES string of the molecule is Fc1ccc2[nH]c(C3CCC(F)(F)CC3)nc2c1F. The van der Waals surface area contributed by atoms with Crippen LogP contribution in [0.15, 0.2) is 12.1 Å². The van der Waals surface area contributed by atoms with E-state index in [4.69, 9.17) is 0 Å². The number of aromatic amines is 1. The van der Waals surface area contributed by atoms with E-state index in [1.807, 2.05) is 0 Å². The summed E-state index contributed by atoms with van der Waals surface area (Å²) in [5, 5.41) is 0. The Morgan fingerprint density at radius 3 is 2.53 bits per heavy atom. The van der Waals surface area contributed by atoms with Crippen LogP contribution in [0.25, 0.3) is 11.0 Å². The maximum absolute atomic E-state index is 13.5. The van der Waals surface area contributed by atoms with Gasteiger partial charge in [0.1, 0.15) is 11.3 Å². The number of H-pyrrole nitrogens is 1. The maximum atomic E-state index is 13.5. The first-order valence-electron chi connectivity index (χ1n) is 6.18. The molecule has 102 valence electrons. The number of rotatable bonds is 1. The highest BCUT2D eigenvalue weighted by atomic mass is 19.3. The lowest BCUT2D eigenvalue weighted by Gasteiger charge is -2.26. The molecule has 1 heterocycles. The van der Waals surface area contributed by atoms with Crippen LogP contribution in [0.5, 0.6) is 0 Å². The van der Waals surface area contributed by atoms with Crippen molar-refractivity contribution in [3.63, 3.8) is 0 Å². The van der Waals surface area contributed by atoms with Crippen molar-refractivity contribution in [3.8, 4) is 0 Å². The van der Waals surface area contributed by atoms with Crippen molar-refractivity contribution < 1.29 is 17.6 Å². The molecule has 2 aromatic rings. The number of nitrogens with zero attached hydrogens (tertiary/aromatic N) is 1. The number of fused-ring (bicyclic) bond motifs is 1. The molecule has 1 aliphatic rings. The van der Waals surface area contributed by atoms with Gasteiger partial charge in [-0.15, -0.1) is 0 Å². The Morgan fingerprint density at radius 2 is 1.84 bits per heavy atom. The Morgan fingerprint density at radius 1 is 1.16 bits per heavy atom. The minimum Gasteiger partial charge on any atom is -0.342 e. The van der Waals surface area contributed by atoms with Crippen LogP contribution in [0.3, 0.4) is 0 Å². The average molecular weight is 272 g/mol. The lowest BCUT2D eigenvalue weighted by atomic mass is 9.86. The Hall–Kier alpha value is -1.59. The number of aromatic nitrogens is 2. The summed E-state index contributed by atoms with van der Waals surface area (Å²) >= 11 is 0. The monoisotopic (exact) mass is 272 g/mol. The van der Waals surface area contributed by atoms with Gasteiger partial charge in [0.25, 0.3) is 0 Å². The number of alkyl halides is 2. The van der Waals surface area contributed by atoms with E-state index in [9.17, 15) is 17.6 Å². The zero-order chi connectivity index (χ0) is 13.6. The average Bonchev–Trinajstić information content (AvgIpc) is 2.79. The summed E-state index contributed by atoms with van der Waals surface area (Å²) in [7, 11) is 0. The van der Waals surface area contributed by atoms with E-state index in [-0.39, 0.29) is 24.3 Å². The van der Waals surface area contributed by atoms with E-state index >= 15 is 0 Å². The van der Waals surface area contributed by atoms with E-state index in [1.165, 1.54) is 6.07 Å². The van der Waals surface area contributed by atoms with Gasteiger partial charge in [0.05, 0.1) is 5.52 Å². The predicted molar refractivity (Wildman–Crippen MR) is 62.2 cm³/mol. The maximum Gasteiger partial charge on any atom is 0.248 e. The molecule has 1 aromatic heterocycles. The number of nitrogens with one attached hydrogen (secondary N) is 1. The standard InChI is InChI=1S/C13H12F4N2/c14-8-1-2-9-11(10(8)15)19-12(18-9)7-3-5-13(16,17)6-4-7/h1-2,7H,3-6H2,(H,18,19). The lowest BCUT2D eigenvalue weighted by molar-refractivity contribution is -0.0387. The smallest absolute Gasteiger partial charge is 0.248 e. The number of imidazole rings is 1. The number of halogens is 4.